The summed E-state index contributed by atoms with van der Waals surface area (Å²) >= 11 is 0. The van der Waals surface area contributed by atoms with Crippen LogP contribution in [0.25, 0.3) is 5.69 Å². The van der Waals surface area contributed by atoms with Crippen LogP contribution in [0.4, 0.5) is 13.2 Å². The van der Waals surface area contributed by atoms with Crippen molar-refractivity contribution in [3.63, 3.8) is 0 Å². The van der Waals surface area contributed by atoms with Crippen LogP contribution in [-0.4, -0.2) is 20.6 Å². The predicted molar refractivity (Wildman–Crippen MR) is 70.6 cm³/mol. The first kappa shape index (κ1) is 14.9. The van der Waals surface area contributed by atoms with Crippen molar-refractivity contribution in [3.8, 4) is 5.69 Å². The Labute approximate surface area is 118 Å². The lowest BCUT2D eigenvalue weighted by Crippen LogP contribution is -2.20. The minimum Gasteiger partial charge on any atom is -0.409 e. The lowest BCUT2D eigenvalue weighted by molar-refractivity contribution is -0.137. The number of imidazole rings is 1. The van der Waals surface area contributed by atoms with Crippen molar-refractivity contribution in [2.45, 2.75) is 20.0 Å². The number of nitrogens with zero attached hydrogens (tertiary/aromatic N) is 3. The molecule has 1 aromatic carbocycles. The molecule has 2 rings (SSSR count). The normalized spacial score (nSPS) is 12.7. The van der Waals surface area contributed by atoms with Gasteiger partial charge in [0.1, 0.15) is 0 Å². The van der Waals surface area contributed by atoms with E-state index in [0.717, 1.165) is 17.5 Å². The number of nitrogens with two attached hydrogens (primary N) is 1. The number of benzene rings is 1. The van der Waals surface area contributed by atoms with Gasteiger partial charge < -0.3 is 15.5 Å². The van der Waals surface area contributed by atoms with Crippen LogP contribution >= 0.6 is 0 Å². The maximum absolute atomic E-state index is 13.0. The fourth-order valence-electron chi connectivity index (χ4n) is 1.95. The average molecular weight is 298 g/mol. The summed E-state index contributed by atoms with van der Waals surface area (Å²) in [5.41, 5.74) is 6.02. The molecule has 0 saturated heterocycles. The lowest BCUT2D eigenvalue weighted by atomic mass is 10.0. The number of hydrogen-bond donors (Lipinski definition) is 2. The largest absolute Gasteiger partial charge is 0.417 e. The molecule has 2 aromatic rings. The van der Waals surface area contributed by atoms with Gasteiger partial charge in [0.25, 0.3) is 0 Å². The van der Waals surface area contributed by atoms with Crippen LogP contribution in [0, 0.1) is 13.8 Å². The molecule has 0 atom stereocenters. The summed E-state index contributed by atoms with van der Waals surface area (Å²) in [6.07, 6.45) is -3.09. The van der Waals surface area contributed by atoms with Crippen molar-refractivity contribution >= 4 is 5.84 Å². The van der Waals surface area contributed by atoms with E-state index in [-0.39, 0.29) is 5.56 Å². The average Bonchev–Trinajstić information content (AvgIpc) is 2.76. The first-order valence-electron chi connectivity index (χ1n) is 5.95. The number of hydrogen-bond acceptors (Lipinski definition) is 3. The van der Waals surface area contributed by atoms with E-state index in [1.54, 1.807) is 18.4 Å². The summed E-state index contributed by atoms with van der Waals surface area (Å²) in [5, 5.41) is 11.3. The van der Waals surface area contributed by atoms with E-state index in [1.165, 1.54) is 18.5 Å². The smallest absolute Gasteiger partial charge is 0.409 e. The summed E-state index contributed by atoms with van der Waals surface area (Å²) in [6, 6.07) is 3.43. The Balaban J connectivity index is 2.65. The third kappa shape index (κ3) is 2.69. The number of amidine groups is 1. The first-order valence-corrected chi connectivity index (χ1v) is 5.95. The third-order valence-corrected chi connectivity index (χ3v) is 3.22. The van der Waals surface area contributed by atoms with E-state index in [4.69, 9.17) is 10.9 Å². The summed E-state index contributed by atoms with van der Waals surface area (Å²) in [5.74, 6) is -0.598. The summed E-state index contributed by atoms with van der Waals surface area (Å²) < 4.78 is 40.5. The second kappa shape index (κ2) is 5.12. The molecule has 8 heteroatoms. The lowest BCUT2D eigenvalue weighted by Gasteiger charge is -2.14. The zero-order valence-electron chi connectivity index (χ0n) is 11.3. The Hall–Kier alpha value is -2.51. The minimum absolute atomic E-state index is 0.381. The molecule has 0 aliphatic heterocycles. The number of aromatic nitrogens is 2. The molecule has 21 heavy (non-hydrogen) atoms. The number of alkyl halides is 3. The number of oxime groups is 1. The molecule has 0 radical (unpaired) electrons. The summed E-state index contributed by atoms with van der Waals surface area (Å²) in [6.45, 7) is 3.59. The molecule has 1 heterocycles. The SMILES string of the molecule is Cc1ncn(-c2ccc(C(F)(F)F)c(/C(N)=N/O)c2)c1C. The molecule has 0 unspecified atom stereocenters. The van der Waals surface area contributed by atoms with Gasteiger partial charge in [-0.05, 0) is 32.0 Å². The minimum atomic E-state index is -4.59. The van der Waals surface area contributed by atoms with Crippen LogP contribution in [0.1, 0.15) is 22.5 Å². The zero-order chi connectivity index (χ0) is 15.8. The second-order valence-electron chi connectivity index (χ2n) is 4.50. The molecule has 1 aromatic heterocycles. The number of halogens is 3. The number of aryl methyl sites for hydroxylation is 1. The van der Waals surface area contributed by atoms with Crippen LogP contribution in [0.5, 0.6) is 0 Å². The molecule has 0 spiro atoms. The third-order valence-electron chi connectivity index (χ3n) is 3.22. The van der Waals surface area contributed by atoms with E-state index < -0.39 is 17.6 Å². The zero-order valence-corrected chi connectivity index (χ0v) is 11.3. The van der Waals surface area contributed by atoms with E-state index in [1.807, 2.05) is 0 Å². The van der Waals surface area contributed by atoms with E-state index in [0.29, 0.717) is 5.69 Å². The molecule has 3 N–H and O–H groups in total. The van der Waals surface area contributed by atoms with Crippen molar-refractivity contribution in [2.24, 2.45) is 10.9 Å². The Bertz CT molecular complexity index is 704. The van der Waals surface area contributed by atoms with Gasteiger partial charge in [0.2, 0.25) is 0 Å². The Morgan fingerprint density at radius 1 is 1.33 bits per heavy atom. The molecule has 0 bridgehead atoms. The Morgan fingerprint density at radius 3 is 2.48 bits per heavy atom. The van der Waals surface area contributed by atoms with Gasteiger partial charge in [-0.1, -0.05) is 5.16 Å². The Morgan fingerprint density at radius 2 is 2.00 bits per heavy atom. The highest BCUT2D eigenvalue weighted by atomic mass is 19.4. The van der Waals surface area contributed by atoms with E-state index >= 15 is 0 Å². The van der Waals surface area contributed by atoms with Crippen molar-refractivity contribution in [3.05, 3.63) is 47.0 Å². The highest BCUT2D eigenvalue weighted by molar-refractivity contribution is 5.99. The van der Waals surface area contributed by atoms with Gasteiger partial charge >= 0.3 is 6.18 Å². The summed E-state index contributed by atoms with van der Waals surface area (Å²) in [7, 11) is 0. The molecule has 0 fully saturated rings. The van der Waals surface area contributed by atoms with Crippen molar-refractivity contribution in [1.29, 1.82) is 0 Å². The van der Waals surface area contributed by atoms with Crippen molar-refractivity contribution in [1.82, 2.24) is 9.55 Å². The van der Waals surface area contributed by atoms with Crippen LogP contribution in [0.15, 0.2) is 29.7 Å². The predicted octanol–water partition coefficient (Wildman–Crippen LogP) is 2.60. The van der Waals surface area contributed by atoms with Crippen molar-refractivity contribution < 1.29 is 18.4 Å². The van der Waals surface area contributed by atoms with Crippen LogP contribution in [-0.2, 0) is 6.18 Å². The number of rotatable bonds is 2. The fraction of sp³-hybridized carbons (Fsp3) is 0.231. The molecular formula is C13H13F3N4O. The summed E-state index contributed by atoms with van der Waals surface area (Å²) in [4.78, 5) is 4.09. The fourth-order valence-corrected chi connectivity index (χ4v) is 1.95. The molecular weight excluding hydrogens is 285 g/mol. The van der Waals surface area contributed by atoms with Gasteiger partial charge in [0.15, 0.2) is 5.84 Å². The van der Waals surface area contributed by atoms with Gasteiger partial charge in [-0.15, -0.1) is 0 Å². The highest BCUT2D eigenvalue weighted by Crippen LogP contribution is 2.33. The van der Waals surface area contributed by atoms with Gasteiger partial charge in [0.05, 0.1) is 17.6 Å². The van der Waals surface area contributed by atoms with Crippen LogP contribution in [0.3, 0.4) is 0 Å². The Kier molecular flexibility index (Phi) is 3.63. The molecule has 112 valence electrons. The van der Waals surface area contributed by atoms with Crippen LogP contribution < -0.4 is 5.73 Å². The maximum Gasteiger partial charge on any atom is 0.417 e. The van der Waals surface area contributed by atoms with Gasteiger partial charge in [-0.3, -0.25) is 0 Å². The molecule has 0 aliphatic rings. The van der Waals surface area contributed by atoms with E-state index in [9.17, 15) is 13.2 Å². The molecule has 5 nitrogen and oxygen atoms in total. The topological polar surface area (TPSA) is 76.4 Å². The molecule has 0 saturated carbocycles. The highest BCUT2D eigenvalue weighted by Gasteiger charge is 2.34. The van der Waals surface area contributed by atoms with E-state index in [2.05, 4.69) is 10.1 Å². The van der Waals surface area contributed by atoms with Crippen LogP contribution in [0.2, 0.25) is 0 Å². The second-order valence-corrected chi connectivity index (χ2v) is 4.50. The maximum atomic E-state index is 13.0. The molecule has 0 aliphatic carbocycles. The standard InChI is InChI=1S/C13H13F3N4O/c1-7-8(2)20(6-18-7)9-3-4-11(13(14,15)16)10(5-9)12(17)19-21/h3-6,21H,1-2H3,(H2,17,19). The van der Waals surface area contributed by atoms with Gasteiger partial charge in [-0.2, -0.15) is 13.2 Å². The molecule has 0 amide bonds. The quantitative estimate of drug-likeness (QED) is 0.387. The van der Waals surface area contributed by atoms with Crippen molar-refractivity contribution in [2.75, 3.05) is 0 Å². The monoisotopic (exact) mass is 298 g/mol. The van der Waals surface area contributed by atoms with Gasteiger partial charge in [0, 0.05) is 16.9 Å². The first-order chi connectivity index (χ1) is 9.75. The van der Waals surface area contributed by atoms with Gasteiger partial charge in [-0.25, -0.2) is 4.98 Å².